The van der Waals surface area contributed by atoms with E-state index in [0.717, 1.165) is 0 Å². The third-order valence-electron chi connectivity index (χ3n) is 5.24. The average Bonchev–Trinajstić information content (AvgIpc) is 2.83. The zero-order valence-corrected chi connectivity index (χ0v) is 18.5. The molecule has 5 atom stereocenters. The van der Waals surface area contributed by atoms with Crippen LogP contribution in [0, 0.1) is 11.3 Å². The summed E-state index contributed by atoms with van der Waals surface area (Å²) in [4.78, 5) is 37.5. The van der Waals surface area contributed by atoms with Gasteiger partial charge >= 0.3 is 18.0 Å². The number of anilines is 1. The zero-order valence-electron chi connectivity index (χ0n) is 18.5. The molecule has 11 heteroatoms. The topological polar surface area (TPSA) is 153 Å². The average molecular weight is 474 g/mol. The minimum atomic E-state index is -1.31. The number of fused-ring (bicyclic) bond motifs is 1. The van der Waals surface area contributed by atoms with Gasteiger partial charge in [-0.05, 0) is 37.1 Å². The van der Waals surface area contributed by atoms with E-state index in [1.807, 2.05) is 6.07 Å². The number of carbonyl (C=O) groups excluding carboxylic acids is 3. The first kappa shape index (κ1) is 25.2. The van der Waals surface area contributed by atoms with Crippen molar-refractivity contribution < 1.29 is 43.2 Å². The lowest BCUT2D eigenvalue weighted by Gasteiger charge is -2.43. The standard InChI is InChI=1S/C23H26N2O9/c1-30-22-21-20(32-17(27)6-4-2-3-5-7-18(28)33-21)19(16(13-26)31-22)34-23(29)25-15-10-8-14(12-24)9-11-15/h2-3,8-11,16,19-22,26H,4-7,13H2,1H3,(H,25,29)/t16-,19-,20+,21-,22+/m1/s1. The molecule has 11 nitrogen and oxygen atoms in total. The van der Waals surface area contributed by atoms with Gasteiger partial charge in [0.15, 0.2) is 24.6 Å². The molecule has 0 bridgehead atoms. The summed E-state index contributed by atoms with van der Waals surface area (Å²) in [5, 5.41) is 21.3. The van der Waals surface area contributed by atoms with Crippen LogP contribution in [-0.4, -0.2) is 67.6 Å². The Kier molecular flexibility index (Phi) is 8.98. The zero-order chi connectivity index (χ0) is 24.5. The van der Waals surface area contributed by atoms with Crippen molar-refractivity contribution in [1.82, 2.24) is 0 Å². The van der Waals surface area contributed by atoms with Gasteiger partial charge in [0.2, 0.25) is 0 Å². The molecule has 1 aromatic carbocycles. The highest BCUT2D eigenvalue weighted by atomic mass is 16.7. The molecule has 2 heterocycles. The lowest BCUT2D eigenvalue weighted by atomic mass is 9.98. The van der Waals surface area contributed by atoms with E-state index in [9.17, 15) is 19.5 Å². The molecule has 2 N–H and O–H groups in total. The predicted molar refractivity (Wildman–Crippen MR) is 115 cm³/mol. The fourth-order valence-corrected chi connectivity index (χ4v) is 3.58. The van der Waals surface area contributed by atoms with Crippen molar-refractivity contribution in [1.29, 1.82) is 5.26 Å². The number of hydrogen-bond donors (Lipinski definition) is 2. The molecule has 1 amide bonds. The van der Waals surface area contributed by atoms with Crippen LogP contribution in [0.25, 0.3) is 0 Å². The second-order valence-corrected chi connectivity index (χ2v) is 7.60. The van der Waals surface area contributed by atoms with E-state index >= 15 is 0 Å². The number of nitrogens with one attached hydrogen (secondary N) is 1. The van der Waals surface area contributed by atoms with E-state index in [0.29, 0.717) is 24.1 Å². The van der Waals surface area contributed by atoms with E-state index in [1.165, 1.54) is 31.4 Å². The van der Waals surface area contributed by atoms with Crippen molar-refractivity contribution in [2.24, 2.45) is 0 Å². The van der Waals surface area contributed by atoms with Crippen LogP contribution >= 0.6 is 0 Å². The van der Waals surface area contributed by atoms with E-state index in [-0.39, 0.29) is 12.8 Å². The molecule has 3 rings (SSSR count). The number of esters is 2. The Bertz CT molecular complexity index is 941. The first-order valence-corrected chi connectivity index (χ1v) is 10.8. The fourth-order valence-electron chi connectivity index (χ4n) is 3.58. The van der Waals surface area contributed by atoms with E-state index in [2.05, 4.69) is 5.32 Å². The summed E-state index contributed by atoms with van der Waals surface area (Å²) in [5.41, 5.74) is 0.756. The number of aliphatic hydroxyl groups excluding tert-OH is 1. The van der Waals surface area contributed by atoms with Crippen molar-refractivity contribution in [3.63, 3.8) is 0 Å². The minimum Gasteiger partial charge on any atom is -0.454 e. The fraction of sp³-hybridized carbons (Fsp3) is 0.478. The van der Waals surface area contributed by atoms with Gasteiger partial charge in [-0.15, -0.1) is 0 Å². The molecular weight excluding hydrogens is 448 g/mol. The van der Waals surface area contributed by atoms with Gasteiger partial charge < -0.3 is 28.8 Å². The lowest BCUT2D eigenvalue weighted by molar-refractivity contribution is -0.299. The molecule has 2 aliphatic heterocycles. The summed E-state index contributed by atoms with van der Waals surface area (Å²) in [5.74, 6) is -1.18. The van der Waals surface area contributed by atoms with E-state index in [1.54, 1.807) is 12.2 Å². The molecule has 1 fully saturated rings. The molecule has 0 radical (unpaired) electrons. The smallest absolute Gasteiger partial charge is 0.412 e. The number of allylic oxidation sites excluding steroid dienone is 2. The normalized spacial score (nSPS) is 27.6. The van der Waals surface area contributed by atoms with Gasteiger partial charge in [-0.25, -0.2) is 4.79 Å². The summed E-state index contributed by atoms with van der Waals surface area (Å²) in [6, 6.07) is 8.01. The third kappa shape index (κ3) is 6.54. The highest BCUT2D eigenvalue weighted by Gasteiger charge is 2.52. The highest BCUT2D eigenvalue weighted by molar-refractivity contribution is 5.84. The largest absolute Gasteiger partial charge is 0.454 e. The Morgan fingerprint density at radius 3 is 2.29 bits per heavy atom. The number of carbonyl (C=O) groups is 3. The molecule has 1 aromatic rings. The predicted octanol–water partition coefficient (Wildman–Crippen LogP) is 1.79. The number of benzene rings is 1. The molecule has 34 heavy (non-hydrogen) atoms. The van der Waals surface area contributed by atoms with Crippen LogP contribution < -0.4 is 5.32 Å². The Morgan fingerprint density at radius 2 is 1.74 bits per heavy atom. The van der Waals surface area contributed by atoms with Gasteiger partial charge in [0, 0.05) is 25.6 Å². The lowest BCUT2D eigenvalue weighted by Crippen LogP contribution is -2.62. The van der Waals surface area contributed by atoms with Gasteiger partial charge in [0.05, 0.1) is 18.2 Å². The Morgan fingerprint density at radius 1 is 1.12 bits per heavy atom. The first-order chi connectivity index (χ1) is 16.4. The quantitative estimate of drug-likeness (QED) is 0.375. The summed E-state index contributed by atoms with van der Waals surface area (Å²) >= 11 is 0. The highest BCUT2D eigenvalue weighted by Crippen LogP contribution is 2.30. The third-order valence-corrected chi connectivity index (χ3v) is 5.24. The SMILES string of the molecule is CO[C@H]1O[C@H](CO)[C@@H](OC(=O)Nc2ccc(C#N)cc2)[C@@H]2OC(=O)CCC=CCCC(=O)O[C@@H]12. The number of amides is 1. The van der Waals surface area contributed by atoms with Crippen LogP contribution in [0.3, 0.4) is 0 Å². The molecule has 2 aliphatic rings. The molecule has 0 spiro atoms. The number of nitriles is 1. The van der Waals surface area contributed by atoms with Crippen LogP contribution in [0.2, 0.25) is 0 Å². The maximum Gasteiger partial charge on any atom is 0.412 e. The monoisotopic (exact) mass is 474 g/mol. The number of rotatable bonds is 4. The van der Waals surface area contributed by atoms with Crippen LogP contribution in [-0.2, 0) is 33.3 Å². The molecule has 0 aromatic heterocycles. The molecule has 0 unspecified atom stereocenters. The van der Waals surface area contributed by atoms with E-state index < -0.39 is 55.3 Å². The molecular formula is C23H26N2O9. The van der Waals surface area contributed by atoms with Crippen molar-refractivity contribution in [2.75, 3.05) is 19.0 Å². The Hall–Kier alpha value is -3.46. The molecule has 182 valence electrons. The number of aliphatic hydroxyl groups is 1. The Balaban J connectivity index is 1.84. The van der Waals surface area contributed by atoms with Crippen LogP contribution in [0.1, 0.15) is 31.2 Å². The first-order valence-electron chi connectivity index (χ1n) is 10.8. The maximum atomic E-state index is 12.6. The van der Waals surface area contributed by atoms with Crippen molar-refractivity contribution in [2.45, 2.75) is 56.4 Å². The van der Waals surface area contributed by atoms with E-state index in [4.69, 9.17) is 28.9 Å². The van der Waals surface area contributed by atoms with Gasteiger partial charge in [-0.2, -0.15) is 5.26 Å². The number of nitrogens with zero attached hydrogens (tertiary/aromatic N) is 1. The van der Waals surface area contributed by atoms with Gasteiger partial charge in [-0.3, -0.25) is 14.9 Å². The summed E-state index contributed by atoms with van der Waals surface area (Å²) < 4.78 is 27.5. The second-order valence-electron chi connectivity index (χ2n) is 7.60. The Labute approximate surface area is 196 Å². The molecule has 1 saturated heterocycles. The van der Waals surface area contributed by atoms with Crippen LogP contribution in [0.4, 0.5) is 10.5 Å². The summed E-state index contributed by atoms with van der Waals surface area (Å²) in [6.45, 7) is -0.591. The summed E-state index contributed by atoms with van der Waals surface area (Å²) in [7, 11) is 1.31. The molecule has 0 saturated carbocycles. The van der Waals surface area contributed by atoms with Crippen LogP contribution in [0.15, 0.2) is 36.4 Å². The van der Waals surface area contributed by atoms with Gasteiger partial charge in [-0.1, -0.05) is 12.2 Å². The number of ether oxygens (including phenoxy) is 5. The maximum absolute atomic E-state index is 12.6. The van der Waals surface area contributed by atoms with Crippen molar-refractivity contribution in [3.8, 4) is 6.07 Å². The van der Waals surface area contributed by atoms with Crippen molar-refractivity contribution >= 4 is 23.7 Å². The van der Waals surface area contributed by atoms with Crippen molar-refractivity contribution in [3.05, 3.63) is 42.0 Å². The number of methoxy groups -OCH3 is 1. The number of hydrogen-bond acceptors (Lipinski definition) is 10. The summed E-state index contributed by atoms with van der Waals surface area (Å²) in [6.07, 6.45) is -2.54. The minimum absolute atomic E-state index is 0.0557. The van der Waals surface area contributed by atoms with Gasteiger partial charge in [0.1, 0.15) is 6.10 Å². The van der Waals surface area contributed by atoms with Crippen LogP contribution in [0.5, 0.6) is 0 Å². The molecule has 0 aliphatic carbocycles. The van der Waals surface area contributed by atoms with Gasteiger partial charge in [0.25, 0.3) is 0 Å². The second kappa shape index (κ2) is 12.1.